The van der Waals surface area contributed by atoms with Gasteiger partial charge in [-0.2, -0.15) is 5.26 Å². The van der Waals surface area contributed by atoms with Crippen molar-refractivity contribution in [1.29, 1.82) is 5.26 Å². The molecule has 0 unspecified atom stereocenters. The molecule has 0 aliphatic rings. The van der Waals surface area contributed by atoms with E-state index in [1.165, 1.54) is 0 Å². The molecule has 0 amide bonds. The molecule has 0 saturated carbocycles. The van der Waals surface area contributed by atoms with E-state index in [1.807, 2.05) is 49.5 Å². The maximum Gasteiger partial charge on any atom is 0.137 e. The highest BCUT2D eigenvalue weighted by atomic mass is 16.5. The third-order valence-electron chi connectivity index (χ3n) is 3.19. The number of methoxy groups -OCH3 is 1. The van der Waals surface area contributed by atoms with Crippen LogP contribution in [0, 0.1) is 11.3 Å². The quantitative estimate of drug-likeness (QED) is 0.816. The number of para-hydroxylation sites is 1. The second kappa shape index (κ2) is 7.20. The van der Waals surface area contributed by atoms with Gasteiger partial charge in [-0.05, 0) is 24.3 Å². The maximum absolute atomic E-state index is 9.01. The van der Waals surface area contributed by atoms with Crippen LogP contribution >= 0.6 is 0 Å². The molecule has 4 nitrogen and oxygen atoms in total. The smallest absolute Gasteiger partial charge is 0.137 e. The molecule has 4 heteroatoms. The van der Waals surface area contributed by atoms with Crippen molar-refractivity contribution in [3.8, 4) is 17.6 Å². The first-order valence-corrected chi connectivity index (χ1v) is 6.71. The van der Waals surface area contributed by atoms with E-state index in [4.69, 9.17) is 14.7 Å². The van der Waals surface area contributed by atoms with Crippen LogP contribution in [-0.4, -0.2) is 27.3 Å². The van der Waals surface area contributed by atoms with Crippen molar-refractivity contribution < 1.29 is 9.47 Å². The summed E-state index contributed by atoms with van der Waals surface area (Å²) >= 11 is 0. The third kappa shape index (κ3) is 3.90. The van der Waals surface area contributed by atoms with Crippen LogP contribution < -0.4 is 14.4 Å². The van der Waals surface area contributed by atoms with E-state index in [0.29, 0.717) is 24.5 Å². The molecule has 0 aliphatic carbocycles. The SMILES string of the molecule is COc1cccc(N(C)CCOc2ccccc2C#N)c1. The van der Waals surface area contributed by atoms with Gasteiger partial charge >= 0.3 is 0 Å². The van der Waals surface area contributed by atoms with Crippen molar-refractivity contribution in [2.75, 3.05) is 32.2 Å². The average Bonchev–Trinajstić information content (AvgIpc) is 2.55. The van der Waals surface area contributed by atoms with Crippen molar-refractivity contribution in [2.24, 2.45) is 0 Å². The summed E-state index contributed by atoms with van der Waals surface area (Å²) in [6.07, 6.45) is 0. The summed E-state index contributed by atoms with van der Waals surface area (Å²) in [4.78, 5) is 2.08. The van der Waals surface area contributed by atoms with E-state index in [2.05, 4.69) is 11.0 Å². The Bertz CT molecular complexity index is 635. The van der Waals surface area contributed by atoms with Crippen LogP contribution in [0.4, 0.5) is 5.69 Å². The zero-order chi connectivity index (χ0) is 15.1. The van der Waals surface area contributed by atoms with Crippen molar-refractivity contribution >= 4 is 5.69 Å². The van der Waals surface area contributed by atoms with Gasteiger partial charge in [-0.3, -0.25) is 0 Å². The van der Waals surface area contributed by atoms with Gasteiger partial charge in [-0.15, -0.1) is 0 Å². The van der Waals surface area contributed by atoms with Gasteiger partial charge in [0.1, 0.15) is 24.2 Å². The van der Waals surface area contributed by atoms with E-state index in [0.717, 1.165) is 11.4 Å². The van der Waals surface area contributed by atoms with E-state index < -0.39 is 0 Å². The Morgan fingerprint density at radius 1 is 1.14 bits per heavy atom. The van der Waals surface area contributed by atoms with Crippen LogP contribution in [0.5, 0.6) is 11.5 Å². The molecule has 2 aromatic carbocycles. The number of nitrogens with zero attached hydrogens (tertiary/aromatic N) is 2. The summed E-state index contributed by atoms with van der Waals surface area (Å²) in [5, 5.41) is 9.01. The van der Waals surface area contributed by atoms with Crippen LogP contribution in [0.1, 0.15) is 5.56 Å². The fraction of sp³-hybridized carbons (Fsp3) is 0.235. The average molecular weight is 282 g/mol. The lowest BCUT2D eigenvalue weighted by Gasteiger charge is -2.20. The van der Waals surface area contributed by atoms with Gasteiger partial charge in [-0.25, -0.2) is 0 Å². The topological polar surface area (TPSA) is 45.5 Å². The second-order valence-corrected chi connectivity index (χ2v) is 4.58. The number of nitriles is 1. The number of ether oxygens (including phenoxy) is 2. The summed E-state index contributed by atoms with van der Waals surface area (Å²) in [5.74, 6) is 1.45. The minimum absolute atomic E-state index is 0.506. The minimum atomic E-state index is 0.506. The first-order chi connectivity index (χ1) is 10.2. The molecule has 2 rings (SSSR count). The van der Waals surface area contributed by atoms with Crippen LogP contribution in [0.25, 0.3) is 0 Å². The summed E-state index contributed by atoms with van der Waals surface area (Å²) < 4.78 is 10.9. The predicted molar refractivity (Wildman–Crippen MR) is 82.9 cm³/mol. The monoisotopic (exact) mass is 282 g/mol. The van der Waals surface area contributed by atoms with E-state index in [1.54, 1.807) is 13.2 Å². The van der Waals surface area contributed by atoms with Gasteiger partial charge in [0, 0.05) is 18.8 Å². The molecule has 108 valence electrons. The third-order valence-corrected chi connectivity index (χ3v) is 3.19. The summed E-state index contributed by atoms with van der Waals surface area (Å²) in [5.41, 5.74) is 1.62. The summed E-state index contributed by atoms with van der Waals surface area (Å²) in [6.45, 7) is 1.22. The Balaban J connectivity index is 1.92. The molecular weight excluding hydrogens is 264 g/mol. The highest BCUT2D eigenvalue weighted by molar-refractivity contribution is 5.50. The van der Waals surface area contributed by atoms with Gasteiger partial charge in [0.15, 0.2) is 0 Å². The van der Waals surface area contributed by atoms with Gasteiger partial charge in [0.2, 0.25) is 0 Å². The van der Waals surface area contributed by atoms with Crippen LogP contribution in [0.15, 0.2) is 48.5 Å². The molecule has 21 heavy (non-hydrogen) atoms. The Kier molecular flexibility index (Phi) is 5.05. The zero-order valence-corrected chi connectivity index (χ0v) is 12.2. The zero-order valence-electron chi connectivity index (χ0n) is 12.2. The maximum atomic E-state index is 9.01. The normalized spacial score (nSPS) is 9.76. The number of likely N-dealkylation sites (N-methyl/N-ethyl adjacent to an activating group) is 1. The molecule has 0 atom stereocenters. The number of benzene rings is 2. The van der Waals surface area contributed by atoms with Crippen LogP contribution in [-0.2, 0) is 0 Å². The Morgan fingerprint density at radius 2 is 1.95 bits per heavy atom. The molecule has 0 fully saturated rings. The molecule has 0 aromatic heterocycles. The van der Waals surface area contributed by atoms with Crippen LogP contribution in [0.3, 0.4) is 0 Å². The molecular formula is C17H18N2O2. The lowest BCUT2D eigenvalue weighted by Crippen LogP contribution is -2.23. The Morgan fingerprint density at radius 3 is 2.71 bits per heavy atom. The first kappa shape index (κ1) is 14.7. The summed E-state index contributed by atoms with van der Waals surface area (Å²) in [7, 11) is 3.65. The number of rotatable bonds is 6. The molecule has 0 aliphatic heterocycles. The highest BCUT2D eigenvalue weighted by Gasteiger charge is 2.05. The van der Waals surface area contributed by atoms with Gasteiger partial charge in [0.05, 0.1) is 19.2 Å². The van der Waals surface area contributed by atoms with Crippen molar-refractivity contribution in [2.45, 2.75) is 0 Å². The number of anilines is 1. The molecule has 0 saturated heterocycles. The van der Waals surface area contributed by atoms with Crippen LogP contribution in [0.2, 0.25) is 0 Å². The molecule has 0 spiro atoms. The number of hydrogen-bond donors (Lipinski definition) is 0. The highest BCUT2D eigenvalue weighted by Crippen LogP contribution is 2.20. The lowest BCUT2D eigenvalue weighted by atomic mass is 10.2. The largest absolute Gasteiger partial charge is 0.497 e. The van der Waals surface area contributed by atoms with Crippen molar-refractivity contribution in [3.63, 3.8) is 0 Å². The minimum Gasteiger partial charge on any atom is -0.497 e. The van der Waals surface area contributed by atoms with Gasteiger partial charge in [0.25, 0.3) is 0 Å². The Hall–Kier alpha value is -2.67. The molecule has 0 heterocycles. The lowest BCUT2D eigenvalue weighted by molar-refractivity contribution is 0.325. The second-order valence-electron chi connectivity index (χ2n) is 4.58. The standard InChI is InChI=1S/C17H18N2O2/c1-19(15-7-5-8-16(12-15)20-2)10-11-21-17-9-4-3-6-14(17)13-18/h3-9,12H,10-11H2,1-2H3. The molecule has 0 N–H and O–H groups in total. The van der Waals surface area contributed by atoms with Gasteiger partial charge < -0.3 is 14.4 Å². The summed E-state index contributed by atoms with van der Waals surface area (Å²) in [6, 6.07) is 17.2. The van der Waals surface area contributed by atoms with E-state index in [-0.39, 0.29) is 0 Å². The fourth-order valence-corrected chi connectivity index (χ4v) is 1.95. The fourth-order valence-electron chi connectivity index (χ4n) is 1.95. The predicted octanol–water partition coefficient (Wildman–Crippen LogP) is 3.08. The van der Waals surface area contributed by atoms with Crippen molar-refractivity contribution in [1.82, 2.24) is 0 Å². The molecule has 2 aromatic rings. The molecule has 0 bridgehead atoms. The first-order valence-electron chi connectivity index (χ1n) is 6.71. The van der Waals surface area contributed by atoms with E-state index >= 15 is 0 Å². The number of hydrogen-bond acceptors (Lipinski definition) is 4. The van der Waals surface area contributed by atoms with Gasteiger partial charge in [-0.1, -0.05) is 18.2 Å². The van der Waals surface area contributed by atoms with Crippen molar-refractivity contribution in [3.05, 3.63) is 54.1 Å². The Labute approximate surface area is 125 Å². The molecule has 0 radical (unpaired) electrons. The van der Waals surface area contributed by atoms with E-state index in [9.17, 15) is 0 Å².